The third-order valence-corrected chi connectivity index (χ3v) is 8.11. The minimum atomic E-state index is -0.240. The Morgan fingerprint density at radius 2 is 0.857 bits per heavy atom. The van der Waals surface area contributed by atoms with Crippen LogP contribution in [0, 0.1) is 0 Å². The molecule has 5 aromatic rings. The molecule has 1 spiro atoms. The van der Waals surface area contributed by atoms with E-state index in [1.807, 2.05) is 0 Å². The highest BCUT2D eigenvalue weighted by molar-refractivity contribution is 5.83. The zero-order valence-electron chi connectivity index (χ0n) is 19.5. The van der Waals surface area contributed by atoms with Crippen LogP contribution in [-0.2, 0) is 5.41 Å². The van der Waals surface area contributed by atoms with Gasteiger partial charge in [-0.25, -0.2) is 0 Å². The first-order valence-corrected chi connectivity index (χ1v) is 12.5. The van der Waals surface area contributed by atoms with Gasteiger partial charge in [0, 0.05) is 23.4 Å². The quantitative estimate of drug-likeness (QED) is 0.296. The fourth-order valence-corrected chi connectivity index (χ4v) is 6.87. The topological polar surface area (TPSA) is 12.0 Å². The maximum Gasteiger partial charge on any atom is 0.0496 e. The fourth-order valence-electron chi connectivity index (χ4n) is 6.87. The Hall–Kier alpha value is -3.94. The Balaban J connectivity index is 1.60. The largest absolute Gasteiger partial charge is 0.301 e. The van der Waals surface area contributed by atoms with Crippen molar-refractivity contribution in [2.24, 2.45) is 0 Å². The molecule has 0 radical (unpaired) electrons. The predicted octanol–water partition coefficient (Wildman–Crippen LogP) is 7.82. The molecule has 1 nitrogen and oxygen atoms in total. The fraction of sp³-hybridized carbons (Fsp3) is 0.118. The van der Waals surface area contributed by atoms with Crippen LogP contribution in [0.3, 0.4) is 0 Å². The van der Waals surface area contributed by atoms with Crippen molar-refractivity contribution in [3.8, 4) is 11.1 Å². The van der Waals surface area contributed by atoms with Gasteiger partial charge in [-0.05, 0) is 38.9 Å². The van der Waals surface area contributed by atoms with Gasteiger partial charge >= 0.3 is 0 Å². The molecule has 168 valence electrons. The smallest absolute Gasteiger partial charge is 0.0496 e. The minimum absolute atomic E-state index is 0.129. The van der Waals surface area contributed by atoms with Crippen LogP contribution in [0.1, 0.15) is 45.8 Å². The normalized spacial score (nSPS) is 21.5. The molecule has 0 unspecified atom stereocenters. The molecule has 1 aliphatic heterocycles. The summed E-state index contributed by atoms with van der Waals surface area (Å²) in [6, 6.07) is 51.6. The van der Waals surface area contributed by atoms with Crippen molar-refractivity contribution in [3.63, 3.8) is 0 Å². The highest BCUT2D eigenvalue weighted by Gasteiger charge is 2.61. The second-order valence-corrected chi connectivity index (χ2v) is 9.75. The molecule has 3 atom stereocenters. The monoisotopic (exact) mass is 449 g/mol. The lowest BCUT2D eigenvalue weighted by Crippen LogP contribution is -2.36. The van der Waals surface area contributed by atoms with Crippen LogP contribution in [0.15, 0.2) is 140 Å². The Kier molecular flexibility index (Phi) is 4.72. The summed E-state index contributed by atoms with van der Waals surface area (Å²) in [6.45, 7) is 0. The summed E-state index contributed by atoms with van der Waals surface area (Å²) >= 11 is 0. The maximum atomic E-state index is 4.19. The summed E-state index contributed by atoms with van der Waals surface area (Å²) in [4.78, 5) is 0. The molecule has 0 saturated carbocycles. The second-order valence-electron chi connectivity index (χ2n) is 9.75. The third-order valence-electron chi connectivity index (χ3n) is 8.11. The first-order chi connectivity index (χ1) is 17.4. The number of rotatable bonds is 3. The van der Waals surface area contributed by atoms with Crippen LogP contribution in [-0.4, -0.2) is 0 Å². The van der Waals surface area contributed by atoms with E-state index < -0.39 is 0 Å². The van der Waals surface area contributed by atoms with E-state index in [0.29, 0.717) is 0 Å². The molecule has 35 heavy (non-hydrogen) atoms. The lowest BCUT2D eigenvalue weighted by molar-refractivity contribution is 0.420. The van der Waals surface area contributed by atoms with Gasteiger partial charge in [0.05, 0.1) is 0 Å². The zero-order valence-corrected chi connectivity index (χ0v) is 19.5. The van der Waals surface area contributed by atoms with Gasteiger partial charge in [-0.15, -0.1) is 0 Å². The molecule has 7 rings (SSSR count). The van der Waals surface area contributed by atoms with Crippen LogP contribution in [0.2, 0.25) is 0 Å². The van der Waals surface area contributed by atoms with E-state index in [0.717, 1.165) is 0 Å². The average molecular weight is 450 g/mol. The lowest BCUT2D eigenvalue weighted by atomic mass is 9.61. The van der Waals surface area contributed by atoms with Crippen molar-refractivity contribution >= 4 is 0 Å². The second kappa shape index (κ2) is 8.08. The van der Waals surface area contributed by atoms with Gasteiger partial charge in [-0.2, -0.15) is 0 Å². The summed E-state index contributed by atoms with van der Waals surface area (Å²) in [7, 11) is 0. The van der Waals surface area contributed by atoms with E-state index in [1.54, 1.807) is 0 Å². The molecule has 1 N–H and O–H groups in total. The number of hydrogen-bond donors (Lipinski definition) is 1. The van der Waals surface area contributed by atoms with Crippen molar-refractivity contribution in [2.45, 2.75) is 23.4 Å². The van der Waals surface area contributed by atoms with E-state index >= 15 is 0 Å². The van der Waals surface area contributed by atoms with Gasteiger partial charge in [0.15, 0.2) is 0 Å². The molecule has 1 saturated heterocycles. The zero-order chi connectivity index (χ0) is 23.2. The molecule has 5 aromatic carbocycles. The highest BCUT2D eigenvalue weighted by atomic mass is 15.1. The summed E-state index contributed by atoms with van der Waals surface area (Å²) in [6.07, 6.45) is 0. The lowest BCUT2D eigenvalue weighted by Gasteiger charge is -2.40. The molecule has 1 fully saturated rings. The van der Waals surface area contributed by atoms with Crippen LogP contribution >= 0.6 is 0 Å². The van der Waals surface area contributed by atoms with Gasteiger partial charge in [0.2, 0.25) is 0 Å². The van der Waals surface area contributed by atoms with Crippen LogP contribution < -0.4 is 5.32 Å². The average Bonchev–Trinajstić information content (AvgIpc) is 3.45. The molecule has 2 aliphatic rings. The van der Waals surface area contributed by atoms with E-state index in [9.17, 15) is 0 Å². The number of fused-ring (bicyclic) bond motifs is 5. The van der Waals surface area contributed by atoms with Crippen LogP contribution in [0.5, 0.6) is 0 Å². The van der Waals surface area contributed by atoms with E-state index in [2.05, 4.69) is 145 Å². The molecule has 0 bridgehead atoms. The molecule has 1 heteroatoms. The van der Waals surface area contributed by atoms with Crippen molar-refractivity contribution in [3.05, 3.63) is 167 Å². The molecular weight excluding hydrogens is 422 g/mol. The Morgan fingerprint density at radius 3 is 1.40 bits per heavy atom. The Labute approximate surface area is 207 Å². The highest BCUT2D eigenvalue weighted by Crippen LogP contribution is 2.67. The SMILES string of the molecule is c1ccc([C@H]2N[C@H](c3ccccc3)C3(c4ccccc4-c4ccccc43)[C@H]2c2ccccc2)cc1. The van der Waals surface area contributed by atoms with Gasteiger partial charge in [-0.1, -0.05) is 140 Å². The Morgan fingerprint density at radius 1 is 0.429 bits per heavy atom. The molecular formula is C34H27N. The molecule has 0 aromatic heterocycles. The van der Waals surface area contributed by atoms with Crippen molar-refractivity contribution in [1.82, 2.24) is 5.32 Å². The van der Waals surface area contributed by atoms with E-state index in [1.165, 1.54) is 38.9 Å². The summed E-state index contributed by atoms with van der Waals surface area (Å²) in [5.74, 6) is 0.223. The van der Waals surface area contributed by atoms with E-state index in [4.69, 9.17) is 0 Å². The summed E-state index contributed by atoms with van der Waals surface area (Å²) < 4.78 is 0. The van der Waals surface area contributed by atoms with Gasteiger partial charge in [-0.3, -0.25) is 0 Å². The van der Waals surface area contributed by atoms with Crippen molar-refractivity contribution in [1.29, 1.82) is 0 Å². The van der Waals surface area contributed by atoms with Gasteiger partial charge < -0.3 is 5.32 Å². The molecule has 0 amide bonds. The van der Waals surface area contributed by atoms with Crippen molar-refractivity contribution < 1.29 is 0 Å². The number of nitrogens with one attached hydrogen (secondary N) is 1. The summed E-state index contributed by atoms with van der Waals surface area (Å²) in [5.41, 5.74) is 9.37. The Bertz CT molecular complexity index is 1430. The first kappa shape index (κ1) is 20.4. The van der Waals surface area contributed by atoms with Crippen LogP contribution in [0.25, 0.3) is 11.1 Å². The molecule has 1 aliphatic carbocycles. The third kappa shape index (κ3) is 2.92. The predicted molar refractivity (Wildman–Crippen MR) is 143 cm³/mol. The minimum Gasteiger partial charge on any atom is -0.301 e. The molecule has 1 heterocycles. The van der Waals surface area contributed by atoms with Gasteiger partial charge in [0.25, 0.3) is 0 Å². The van der Waals surface area contributed by atoms with Crippen molar-refractivity contribution in [2.75, 3.05) is 0 Å². The summed E-state index contributed by atoms with van der Waals surface area (Å²) in [5, 5.41) is 4.19. The van der Waals surface area contributed by atoms with Crippen LogP contribution in [0.4, 0.5) is 0 Å². The number of hydrogen-bond acceptors (Lipinski definition) is 1. The van der Waals surface area contributed by atoms with E-state index in [-0.39, 0.29) is 23.4 Å². The maximum absolute atomic E-state index is 4.19. The first-order valence-electron chi connectivity index (χ1n) is 12.5. The number of benzene rings is 5. The van der Waals surface area contributed by atoms with Gasteiger partial charge in [0.1, 0.15) is 0 Å². The standard InChI is InChI=1S/C34H27N/c1-4-14-24(15-5-1)31-32(25-16-6-2-7-17-25)35-33(26-18-8-3-9-19-26)34(31)29-22-12-10-20-27(29)28-21-11-13-23-30(28)34/h1-23,31-33,35H/t31-,32+,33+/m0/s1.